The molecule has 248 valence electrons. The third kappa shape index (κ3) is 9.75. The summed E-state index contributed by atoms with van der Waals surface area (Å²) >= 11 is 4.20. The Morgan fingerprint density at radius 2 is 1.30 bits per heavy atom. The van der Waals surface area contributed by atoms with Gasteiger partial charge >= 0.3 is 0 Å². The van der Waals surface area contributed by atoms with Crippen molar-refractivity contribution in [2.75, 3.05) is 25.7 Å². The third-order valence-electron chi connectivity index (χ3n) is 9.78. The molecule has 1 heterocycles. The predicted molar refractivity (Wildman–Crippen MR) is 198 cm³/mol. The molecule has 3 rings (SSSR count). The summed E-state index contributed by atoms with van der Waals surface area (Å²) in [6, 6.07) is 20.1. The van der Waals surface area contributed by atoms with E-state index in [1.165, 1.54) is 17.9 Å². The topological polar surface area (TPSA) is 44.8 Å². The van der Waals surface area contributed by atoms with E-state index in [9.17, 15) is 4.57 Å². The van der Waals surface area contributed by atoms with Gasteiger partial charge in [-0.3, -0.25) is 0 Å². The zero-order chi connectivity index (χ0) is 32.5. The van der Waals surface area contributed by atoms with Crippen LogP contribution in [0.1, 0.15) is 67.2 Å². The molecule has 0 N–H and O–H groups in total. The van der Waals surface area contributed by atoms with Gasteiger partial charge in [-0.05, 0) is 67.2 Å². The van der Waals surface area contributed by atoms with Crippen molar-refractivity contribution in [3.8, 4) is 0 Å². The lowest BCUT2D eigenvalue weighted by atomic mass is 9.91. The van der Waals surface area contributed by atoms with Gasteiger partial charge in [-0.2, -0.15) is 0 Å². The van der Waals surface area contributed by atoms with E-state index < -0.39 is 15.5 Å². The molecule has 1 unspecified atom stereocenters. The minimum absolute atomic E-state index is 0.0156. The first-order valence-corrected chi connectivity index (χ1v) is 23.2. The highest BCUT2D eigenvalue weighted by Crippen LogP contribution is 2.51. The van der Waals surface area contributed by atoms with Crippen molar-refractivity contribution in [1.82, 2.24) is 0 Å². The lowest BCUT2D eigenvalue weighted by Gasteiger charge is -2.44. The summed E-state index contributed by atoms with van der Waals surface area (Å²) in [5.41, 5.74) is -0.0156. The van der Waals surface area contributed by atoms with E-state index in [-0.39, 0.29) is 34.9 Å². The molecular weight excluding hydrogens is 620 g/mol. The van der Waals surface area contributed by atoms with Gasteiger partial charge in [-0.25, -0.2) is 0 Å². The molecule has 0 aliphatic carbocycles. The quantitative estimate of drug-likeness (QED) is 0.130. The lowest BCUT2D eigenvalue weighted by Crippen LogP contribution is -2.53. The molecule has 0 spiro atoms. The van der Waals surface area contributed by atoms with E-state index in [0.717, 1.165) is 29.9 Å². The Labute approximate surface area is 279 Å². The van der Waals surface area contributed by atoms with Gasteiger partial charge in [0.2, 0.25) is 0 Å². The van der Waals surface area contributed by atoms with Crippen molar-refractivity contribution >= 4 is 49.6 Å². The number of ether oxygens (including phenoxy) is 2. The average Bonchev–Trinajstić information content (AvgIpc) is 3.01. The Hall–Kier alpha value is -0.533. The van der Waals surface area contributed by atoms with Crippen LogP contribution in [0.3, 0.4) is 0 Å². The Balaban J connectivity index is 1.86. The molecule has 0 radical (unpaired) electrons. The number of hydrogen-bond donors (Lipinski definition) is 0. The predicted octanol–water partition coefficient (Wildman–Crippen LogP) is 9.45. The van der Waals surface area contributed by atoms with Gasteiger partial charge in [0.25, 0.3) is 0 Å². The number of methoxy groups -OCH3 is 2. The van der Waals surface area contributed by atoms with Gasteiger partial charge in [0, 0.05) is 30.5 Å². The molecular formula is C36H59O4PS2Si. The van der Waals surface area contributed by atoms with Crippen LogP contribution < -0.4 is 10.6 Å². The molecule has 1 aliphatic rings. The van der Waals surface area contributed by atoms with Crippen LogP contribution in [0.4, 0.5) is 0 Å². The van der Waals surface area contributed by atoms with Crippen molar-refractivity contribution in [2.45, 2.75) is 114 Å². The van der Waals surface area contributed by atoms with Crippen molar-refractivity contribution in [3.63, 3.8) is 0 Å². The minimum Gasteiger partial charge on any atom is -0.409 e. The van der Waals surface area contributed by atoms with Crippen molar-refractivity contribution in [3.05, 3.63) is 60.7 Å². The fraction of sp³-hybridized carbons (Fsp3) is 0.667. The highest BCUT2D eigenvalue weighted by atomic mass is 32.2. The van der Waals surface area contributed by atoms with Crippen LogP contribution in [0.15, 0.2) is 60.7 Å². The maximum atomic E-state index is 15.0. The van der Waals surface area contributed by atoms with Crippen LogP contribution in [0.2, 0.25) is 18.1 Å². The molecule has 2 aromatic rings. The maximum Gasteiger partial charge on any atom is 0.192 e. The number of rotatable bonds is 16. The fourth-order valence-corrected chi connectivity index (χ4v) is 13.8. The summed E-state index contributed by atoms with van der Waals surface area (Å²) in [7, 11) is -1.32. The van der Waals surface area contributed by atoms with Gasteiger partial charge in [-0.15, -0.1) is 23.5 Å². The van der Waals surface area contributed by atoms with Crippen LogP contribution in [0.5, 0.6) is 0 Å². The zero-order valence-electron chi connectivity index (χ0n) is 29.0. The van der Waals surface area contributed by atoms with Crippen LogP contribution in [-0.2, 0) is 18.5 Å². The molecule has 8 heteroatoms. The average molecular weight is 679 g/mol. The molecule has 1 fully saturated rings. The second-order valence-corrected chi connectivity index (χ2v) is 25.1. The highest BCUT2D eigenvalue weighted by molar-refractivity contribution is 8.17. The largest absolute Gasteiger partial charge is 0.409 e. The van der Waals surface area contributed by atoms with Crippen LogP contribution >= 0.6 is 30.7 Å². The smallest absolute Gasteiger partial charge is 0.192 e. The van der Waals surface area contributed by atoms with Gasteiger partial charge in [0.05, 0.1) is 22.9 Å². The normalized spacial score (nSPS) is 19.6. The van der Waals surface area contributed by atoms with Gasteiger partial charge in [0.1, 0.15) is 7.14 Å². The lowest BCUT2D eigenvalue weighted by molar-refractivity contribution is -0.0936. The Morgan fingerprint density at radius 3 is 1.75 bits per heavy atom. The molecule has 6 atom stereocenters. The molecule has 2 aromatic carbocycles. The summed E-state index contributed by atoms with van der Waals surface area (Å²) in [6.45, 7) is 18.4. The van der Waals surface area contributed by atoms with E-state index in [1.54, 1.807) is 0 Å². The Morgan fingerprint density at radius 1 is 0.818 bits per heavy atom. The second kappa shape index (κ2) is 17.0. The first-order valence-electron chi connectivity index (χ1n) is 16.4. The highest BCUT2D eigenvalue weighted by Gasteiger charge is 2.44. The first kappa shape index (κ1) is 37.9. The Bertz CT molecular complexity index is 1110. The van der Waals surface area contributed by atoms with E-state index in [0.29, 0.717) is 10.5 Å². The minimum atomic E-state index is -2.85. The number of benzene rings is 2. The molecule has 1 saturated heterocycles. The summed E-state index contributed by atoms with van der Waals surface area (Å²) in [6.07, 6.45) is 3.55. The van der Waals surface area contributed by atoms with E-state index >= 15 is 0 Å². The fourth-order valence-electron chi connectivity index (χ4n) is 6.13. The SMILES string of the molecule is CO[C@@H](C[C@@H](C)CC(C)P(=O)(c1ccccc1)c1ccccc1)[C@@H](O[Si](C)(C)C(C)(C)C)[C@H](C[C@@H](C)C1SCCCS1)OC. The monoisotopic (exact) mass is 678 g/mol. The summed E-state index contributed by atoms with van der Waals surface area (Å²) in [4.78, 5) is 0. The van der Waals surface area contributed by atoms with E-state index in [2.05, 4.69) is 78.2 Å². The van der Waals surface area contributed by atoms with Crippen LogP contribution in [0.25, 0.3) is 0 Å². The molecule has 4 nitrogen and oxygen atoms in total. The molecule has 0 amide bonds. The summed E-state index contributed by atoms with van der Waals surface area (Å²) in [5.74, 6) is 3.28. The van der Waals surface area contributed by atoms with Gasteiger partial charge < -0.3 is 18.5 Å². The zero-order valence-corrected chi connectivity index (χ0v) is 32.5. The van der Waals surface area contributed by atoms with Crippen LogP contribution in [-0.4, -0.2) is 62.6 Å². The Kier molecular flexibility index (Phi) is 14.7. The van der Waals surface area contributed by atoms with E-state index in [1.807, 2.05) is 74.9 Å². The van der Waals surface area contributed by atoms with Crippen molar-refractivity contribution in [1.29, 1.82) is 0 Å². The molecule has 44 heavy (non-hydrogen) atoms. The van der Waals surface area contributed by atoms with Crippen molar-refractivity contribution in [2.24, 2.45) is 11.8 Å². The number of hydrogen-bond acceptors (Lipinski definition) is 6. The second-order valence-electron chi connectivity index (χ2n) is 14.3. The van der Waals surface area contributed by atoms with Gasteiger partial charge in [0.15, 0.2) is 8.32 Å². The third-order valence-corrected chi connectivity index (χ3v) is 21.3. The molecule has 0 saturated carbocycles. The van der Waals surface area contributed by atoms with Gasteiger partial charge in [-0.1, -0.05) is 102 Å². The number of thioether (sulfide) groups is 2. The molecule has 1 aliphatic heterocycles. The summed E-state index contributed by atoms with van der Waals surface area (Å²) in [5, 5.41) is 1.93. The maximum absolute atomic E-state index is 15.0. The molecule has 0 aromatic heterocycles. The summed E-state index contributed by atoms with van der Waals surface area (Å²) < 4.78 is 35.4. The van der Waals surface area contributed by atoms with Crippen LogP contribution in [0, 0.1) is 11.8 Å². The van der Waals surface area contributed by atoms with E-state index in [4.69, 9.17) is 13.9 Å². The van der Waals surface area contributed by atoms with Crippen molar-refractivity contribution < 1.29 is 18.5 Å². The first-order chi connectivity index (χ1) is 20.7. The standard InChI is InChI=1S/C36H59O4PS2Si/c1-27(24-29(3)41(37,30-18-13-11-14-19-30)31-20-15-12-16-21-31)25-32(38-7)34(40-44(9,10)36(4,5)6)33(39-8)26-28(2)35-42-22-17-23-43-35/h11-16,18-21,27-29,32-35H,17,22-26H2,1-10H3/t27-,28+,29?,32-,33-,34+/m0/s1. The molecule has 0 bridgehead atoms.